The molecule has 1 N–H and O–H groups in total. The molecule has 5 heterocycles. The number of imidazole rings is 1. The molecule has 9 nitrogen and oxygen atoms in total. The highest BCUT2D eigenvalue weighted by Crippen LogP contribution is 2.26. The summed E-state index contributed by atoms with van der Waals surface area (Å²) in [6.45, 7) is 3.94. The number of carbonyl (C=O) groups is 2. The number of halogens is 1. The number of amides is 3. The molecule has 37 heavy (non-hydrogen) atoms. The van der Waals surface area contributed by atoms with Gasteiger partial charge >= 0.3 is 6.03 Å². The lowest BCUT2D eigenvalue weighted by molar-refractivity contribution is 0.0421. The predicted molar refractivity (Wildman–Crippen MR) is 135 cm³/mol. The molecular formula is C27H29FN6O3. The van der Waals surface area contributed by atoms with Crippen molar-refractivity contribution >= 4 is 17.8 Å². The van der Waals surface area contributed by atoms with E-state index in [0.29, 0.717) is 57.3 Å². The van der Waals surface area contributed by atoms with E-state index < -0.39 is 11.7 Å². The average molecular weight is 505 g/mol. The van der Waals surface area contributed by atoms with Gasteiger partial charge < -0.3 is 24.4 Å². The first-order valence-corrected chi connectivity index (χ1v) is 12.8. The highest BCUT2D eigenvalue weighted by molar-refractivity contribution is 6.04. The van der Waals surface area contributed by atoms with Crippen LogP contribution in [0.25, 0.3) is 11.5 Å². The van der Waals surface area contributed by atoms with Crippen LogP contribution >= 0.6 is 0 Å². The number of urea groups is 1. The van der Waals surface area contributed by atoms with Crippen LogP contribution < -0.4 is 5.32 Å². The van der Waals surface area contributed by atoms with Gasteiger partial charge in [0, 0.05) is 44.6 Å². The van der Waals surface area contributed by atoms with Crippen LogP contribution in [0.1, 0.15) is 40.0 Å². The van der Waals surface area contributed by atoms with Crippen LogP contribution in [0.2, 0.25) is 0 Å². The van der Waals surface area contributed by atoms with Crippen LogP contribution in [0.15, 0.2) is 36.5 Å². The van der Waals surface area contributed by atoms with Crippen molar-refractivity contribution in [3.8, 4) is 11.5 Å². The minimum Gasteiger partial charge on any atom is -0.378 e. The number of nitrogens with one attached hydrogen (secondary N) is 1. The number of ether oxygens (including phenoxy) is 1. The normalized spacial score (nSPS) is 17.2. The fraction of sp³-hybridized carbons (Fsp3) is 0.407. The van der Waals surface area contributed by atoms with Gasteiger partial charge in [-0.3, -0.25) is 4.79 Å². The Hall–Kier alpha value is -3.79. The third-order valence-electron chi connectivity index (χ3n) is 7.32. The number of rotatable bonds is 3. The van der Waals surface area contributed by atoms with E-state index in [0.717, 1.165) is 42.8 Å². The summed E-state index contributed by atoms with van der Waals surface area (Å²) in [7, 11) is 0. The minimum absolute atomic E-state index is 0.0496. The summed E-state index contributed by atoms with van der Waals surface area (Å²) in [5.74, 6) is -0.0536. The molecule has 0 spiro atoms. The van der Waals surface area contributed by atoms with Gasteiger partial charge in [-0.05, 0) is 61.1 Å². The van der Waals surface area contributed by atoms with Gasteiger partial charge in [-0.2, -0.15) is 0 Å². The van der Waals surface area contributed by atoms with Gasteiger partial charge in [-0.1, -0.05) is 6.07 Å². The number of aromatic nitrogens is 3. The zero-order valence-corrected chi connectivity index (χ0v) is 20.6. The lowest BCUT2D eigenvalue weighted by Gasteiger charge is -2.35. The number of hydrogen-bond acceptors (Lipinski definition) is 5. The second kappa shape index (κ2) is 9.93. The maximum absolute atomic E-state index is 15.0. The Bertz CT molecular complexity index is 1350. The van der Waals surface area contributed by atoms with E-state index in [9.17, 15) is 14.0 Å². The van der Waals surface area contributed by atoms with Gasteiger partial charge in [0.1, 0.15) is 17.3 Å². The van der Waals surface area contributed by atoms with Crippen LogP contribution in [-0.2, 0) is 30.7 Å². The van der Waals surface area contributed by atoms with Crippen LogP contribution in [0.4, 0.5) is 15.0 Å². The van der Waals surface area contributed by atoms with Crippen molar-refractivity contribution in [1.29, 1.82) is 0 Å². The largest absolute Gasteiger partial charge is 0.378 e. The quantitative estimate of drug-likeness (QED) is 0.590. The number of morpholine rings is 1. The Morgan fingerprint density at radius 2 is 1.84 bits per heavy atom. The summed E-state index contributed by atoms with van der Waals surface area (Å²) in [5.41, 5.74) is 3.39. The van der Waals surface area contributed by atoms with E-state index in [2.05, 4.69) is 19.9 Å². The molecule has 1 saturated heterocycles. The molecule has 6 rings (SSSR count). The monoisotopic (exact) mass is 504 g/mol. The van der Waals surface area contributed by atoms with E-state index in [1.54, 1.807) is 28.0 Å². The van der Waals surface area contributed by atoms with E-state index in [4.69, 9.17) is 4.74 Å². The van der Waals surface area contributed by atoms with Crippen LogP contribution in [0.3, 0.4) is 0 Å². The molecule has 1 aromatic carbocycles. The van der Waals surface area contributed by atoms with Crippen LogP contribution in [0.5, 0.6) is 0 Å². The molecule has 0 saturated carbocycles. The van der Waals surface area contributed by atoms with Crippen molar-refractivity contribution in [3.05, 3.63) is 64.7 Å². The molecule has 3 aliphatic heterocycles. The number of carbonyl (C=O) groups excluding carboxylic acids is 2. The summed E-state index contributed by atoms with van der Waals surface area (Å²) in [5, 5.41) is 2.74. The third-order valence-corrected chi connectivity index (χ3v) is 7.32. The molecule has 0 unspecified atom stereocenters. The first-order chi connectivity index (χ1) is 18.1. The number of nitrogens with zero attached hydrogens (tertiary/aromatic N) is 5. The van der Waals surface area contributed by atoms with Crippen molar-refractivity contribution < 1.29 is 18.7 Å². The number of anilines is 1. The molecule has 3 aliphatic rings. The standard InChI is InChI=1S/C27H29FN6O3/c28-22-15-18-7-9-33(27(36)32-10-12-37-13-11-32)17-19(18)14-21(22)26(35)31-24-6-3-5-23(30-24)25-29-16-20-4-1-2-8-34(20)25/h3,5-6,14-16H,1-2,4,7-13,17H2,(H,30,31,35). The topological polar surface area (TPSA) is 92.6 Å². The summed E-state index contributed by atoms with van der Waals surface area (Å²) in [6, 6.07) is 8.28. The number of benzene rings is 1. The smallest absolute Gasteiger partial charge is 0.320 e. The molecule has 3 aromatic rings. The molecule has 1 fully saturated rings. The zero-order valence-electron chi connectivity index (χ0n) is 20.6. The second-order valence-electron chi connectivity index (χ2n) is 9.70. The number of hydrogen-bond donors (Lipinski definition) is 1. The van der Waals surface area contributed by atoms with Gasteiger partial charge in [0.2, 0.25) is 0 Å². The maximum Gasteiger partial charge on any atom is 0.320 e. The first kappa shape index (κ1) is 23.6. The lowest BCUT2D eigenvalue weighted by atomic mass is 9.96. The van der Waals surface area contributed by atoms with E-state index in [1.807, 2.05) is 12.3 Å². The Kier molecular flexibility index (Phi) is 6.33. The Balaban J connectivity index is 1.20. The maximum atomic E-state index is 15.0. The van der Waals surface area contributed by atoms with Crippen LogP contribution in [0, 0.1) is 5.82 Å². The fourth-order valence-electron chi connectivity index (χ4n) is 5.32. The molecular weight excluding hydrogens is 475 g/mol. The van der Waals surface area contributed by atoms with E-state index >= 15 is 0 Å². The highest BCUT2D eigenvalue weighted by Gasteiger charge is 2.28. The van der Waals surface area contributed by atoms with Crippen molar-refractivity contribution in [2.45, 2.75) is 38.8 Å². The molecule has 2 aromatic heterocycles. The molecule has 0 aliphatic carbocycles. The summed E-state index contributed by atoms with van der Waals surface area (Å²) in [4.78, 5) is 38.7. The molecule has 0 atom stereocenters. The summed E-state index contributed by atoms with van der Waals surface area (Å²) in [6.07, 6.45) is 5.68. The summed E-state index contributed by atoms with van der Waals surface area (Å²) >= 11 is 0. The van der Waals surface area contributed by atoms with Crippen molar-refractivity contribution in [2.24, 2.45) is 0 Å². The Morgan fingerprint density at radius 1 is 0.973 bits per heavy atom. The molecule has 3 amide bonds. The number of pyridine rings is 1. The molecule has 0 bridgehead atoms. The van der Waals surface area contributed by atoms with Crippen LogP contribution in [-0.4, -0.2) is 69.1 Å². The van der Waals surface area contributed by atoms with Gasteiger partial charge in [-0.25, -0.2) is 19.2 Å². The van der Waals surface area contributed by atoms with Gasteiger partial charge in [0.05, 0.1) is 18.8 Å². The van der Waals surface area contributed by atoms with Crippen molar-refractivity contribution in [3.63, 3.8) is 0 Å². The predicted octanol–water partition coefficient (Wildman–Crippen LogP) is 3.48. The van der Waals surface area contributed by atoms with E-state index in [-0.39, 0.29) is 11.6 Å². The number of fused-ring (bicyclic) bond motifs is 2. The molecule has 10 heteroatoms. The fourth-order valence-corrected chi connectivity index (χ4v) is 5.32. The average Bonchev–Trinajstić information content (AvgIpc) is 3.37. The SMILES string of the molecule is O=C(Nc1cccc(-c2ncc3n2CCCC3)n1)c1cc2c(cc1F)CCN(C(=O)N1CCOCC1)C2. The third kappa shape index (κ3) is 4.69. The molecule has 0 radical (unpaired) electrons. The van der Waals surface area contributed by atoms with Gasteiger partial charge in [-0.15, -0.1) is 0 Å². The van der Waals surface area contributed by atoms with Crippen molar-refractivity contribution in [2.75, 3.05) is 38.2 Å². The Morgan fingerprint density at radius 3 is 2.70 bits per heavy atom. The Labute approximate surface area is 214 Å². The summed E-state index contributed by atoms with van der Waals surface area (Å²) < 4.78 is 22.5. The van der Waals surface area contributed by atoms with Crippen molar-refractivity contribution in [1.82, 2.24) is 24.3 Å². The first-order valence-electron chi connectivity index (χ1n) is 12.8. The second-order valence-corrected chi connectivity index (χ2v) is 9.70. The highest BCUT2D eigenvalue weighted by atomic mass is 19.1. The zero-order chi connectivity index (χ0) is 25.4. The minimum atomic E-state index is -0.581. The lowest BCUT2D eigenvalue weighted by Crippen LogP contribution is -2.49. The number of aryl methyl sites for hydroxylation is 1. The molecule has 192 valence electrons. The van der Waals surface area contributed by atoms with Gasteiger partial charge in [0.25, 0.3) is 5.91 Å². The van der Waals surface area contributed by atoms with Gasteiger partial charge in [0.15, 0.2) is 5.82 Å². The van der Waals surface area contributed by atoms with E-state index in [1.165, 1.54) is 11.8 Å².